The van der Waals surface area contributed by atoms with Crippen LogP contribution in [0.4, 0.5) is 4.79 Å². The number of carbonyl (C=O) groups is 3. The van der Waals surface area contributed by atoms with Gasteiger partial charge in [0.05, 0.1) is 5.92 Å². The summed E-state index contributed by atoms with van der Waals surface area (Å²) in [5, 5.41) is 9.11. The van der Waals surface area contributed by atoms with Crippen molar-refractivity contribution in [1.29, 1.82) is 0 Å². The van der Waals surface area contributed by atoms with Crippen molar-refractivity contribution in [3.05, 3.63) is 0 Å². The number of piperidine rings is 1. The second-order valence-corrected chi connectivity index (χ2v) is 5.94. The number of carboxylic acids is 1. The zero-order valence-electron chi connectivity index (χ0n) is 12.2. The molecule has 3 N–H and O–H groups in total. The Morgan fingerprint density at radius 3 is 2.38 bits per heavy atom. The molecular weight excluding hydrogens is 274 g/mol. The van der Waals surface area contributed by atoms with E-state index in [0.717, 1.165) is 25.7 Å². The Bertz CT molecular complexity index is 420. The first-order chi connectivity index (χ1) is 9.99. The Kier molecular flexibility index (Phi) is 5.03. The van der Waals surface area contributed by atoms with E-state index in [1.54, 1.807) is 9.80 Å². The normalized spacial score (nSPS) is 23.0. The molecule has 1 atom stereocenters. The first-order valence-electron chi connectivity index (χ1n) is 7.55. The van der Waals surface area contributed by atoms with Crippen LogP contribution in [0.3, 0.4) is 0 Å². The number of primary amides is 1. The van der Waals surface area contributed by atoms with Crippen molar-refractivity contribution in [3.8, 4) is 0 Å². The maximum atomic E-state index is 12.6. The lowest BCUT2D eigenvalue weighted by Crippen LogP contribution is -2.53. The fourth-order valence-corrected chi connectivity index (χ4v) is 3.27. The number of rotatable bonds is 4. The molecule has 2 rings (SSSR count). The summed E-state index contributed by atoms with van der Waals surface area (Å²) in [7, 11) is 0. The van der Waals surface area contributed by atoms with E-state index in [9.17, 15) is 14.4 Å². The SMILES string of the molecule is NC(=O)CN(C(=O)N1CCC[C@@H](C(=O)O)C1)C1CCCC1. The topological polar surface area (TPSA) is 104 Å². The highest BCUT2D eigenvalue weighted by Gasteiger charge is 2.34. The molecule has 7 heteroatoms. The highest BCUT2D eigenvalue weighted by Crippen LogP contribution is 2.26. The van der Waals surface area contributed by atoms with Crippen molar-refractivity contribution in [1.82, 2.24) is 9.80 Å². The summed E-state index contributed by atoms with van der Waals surface area (Å²) in [6.07, 6.45) is 5.14. The number of nitrogens with zero attached hydrogens (tertiary/aromatic N) is 2. The van der Waals surface area contributed by atoms with Crippen molar-refractivity contribution in [2.45, 2.75) is 44.6 Å². The highest BCUT2D eigenvalue weighted by molar-refractivity contribution is 5.83. The maximum Gasteiger partial charge on any atom is 0.320 e. The smallest absolute Gasteiger partial charge is 0.320 e. The van der Waals surface area contributed by atoms with Gasteiger partial charge in [-0.25, -0.2) is 4.79 Å². The van der Waals surface area contributed by atoms with Gasteiger partial charge in [-0.1, -0.05) is 12.8 Å². The van der Waals surface area contributed by atoms with E-state index in [4.69, 9.17) is 10.8 Å². The van der Waals surface area contributed by atoms with Crippen LogP contribution in [0, 0.1) is 5.92 Å². The third-order valence-electron chi connectivity index (χ3n) is 4.38. The molecule has 0 unspecified atom stereocenters. The first-order valence-corrected chi connectivity index (χ1v) is 7.55. The van der Waals surface area contributed by atoms with Crippen molar-refractivity contribution in [2.75, 3.05) is 19.6 Å². The summed E-state index contributed by atoms with van der Waals surface area (Å²) in [4.78, 5) is 38.1. The van der Waals surface area contributed by atoms with Crippen LogP contribution in [0.15, 0.2) is 0 Å². The van der Waals surface area contributed by atoms with E-state index < -0.39 is 17.8 Å². The van der Waals surface area contributed by atoms with Gasteiger partial charge in [-0.05, 0) is 25.7 Å². The van der Waals surface area contributed by atoms with Crippen molar-refractivity contribution < 1.29 is 19.5 Å². The summed E-state index contributed by atoms with van der Waals surface area (Å²) in [5.41, 5.74) is 5.26. The van der Waals surface area contributed by atoms with E-state index in [1.807, 2.05) is 0 Å². The van der Waals surface area contributed by atoms with Crippen LogP contribution in [0.25, 0.3) is 0 Å². The minimum atomic E-state index is -0.866. The standard InChI is InChI=1S/C14H23N3O4/c15-12(18)9-17(11-5-1-2-6-11)14(21)16-7-3-4-10(8-16)13(19)20/h10-11H,1-9H2,(H2,15,18)(H,19,20)/t10-/m1/s1. The van der Waals surface area contributed by atoms with Gasteiger partial charge in [0.2, 0.25) is 5.91 Å². The van der Waals surface area contributed by atoms with Crippen LogP contribution >= 0.6 is 0 Å². The summed E-state index contributed by atoms with van der Waals surface area (Å²) in [6, 6.07) is -0.193. The number of likely N-dealkylation sites (tertiary alicyclic amines) is 1. The molecule has 2 fully saturated rings. The molecule has 0 spiro atoms. The van der Waals surface area contributed by atoms with Crippen molar-refractivity contribution in [2.24, 2.45) is 11.7 Å². The molecule has 0 aromatic rings. The van der Waals surface area contributed by atoms with Crippen LogP contribution in [0.1, 0.15) is 38.5 Å². The van der Waals surface area contributed by atoms with E-state index in [1.165, 1.54) is 0 Å². The molecule has 1 saturated heterocycles. The number of hydrogen-bond acceptors (Lipinski definition) is 3. The van der Waals surface area contributed by atoms with E-state index in [2.05, 4.69) is 0 Å². The molecule has 1 heterocycles. The zero-order valence-corrected chi connectivity index (χ0v) is 12.2. The fraction of sp³-hybridized carbons (Fsp3) is 0.786. The second kappa shape index (κ2) is 6.78. The zero-order chi connectivity index (χ0) is 15.4. The predicted octanol–water partition coefficient (Wildman–Crippen LogP) is 0.633. The van der Waals surface area contributed by atoms with E-state index >= 15 is 0 Å². The molecule has 0 aromatic heterocycles. The van der Waals surface area contributed by atoms with Crippen LogP contribution in [0.2, 0.25) is 0 Å². The molecule has 118 valence electrons. The number of amides is 3. The lowest BCUT2D eigenvalue weighted by atomic mass is 9.98. The molecule has 1 saturated carbocycles. The van der Waals surface area contributed by atoms with Gasteiger partial charge in [0, 0.05) is 19.1 Å². The minimum absolute atomic E-state index is 0.0511. The minimum Gasteiger partial charge on any atom is -0.481 e. The Morgan fingerprint density at radius 1 is 1.14 bits per heavy atom. The molecule has 3 amide bonds. The Hall–Kier alpha value is -1.79. The first kappa shape index (κ1) is 15.6. The van der Waals surface area contributed by atoms with Gasteiger partial charge < -0.3 is 20.6 Å². The van der Waals surface area contributed by atoms with E-state index in [0.29, 0.717) is 19.4 Å². The van der Waals surface area contributed by atoms with Gasteiger partial charge in [0.1, 0.15) is 6.54 Å². The summed E-state index contributed by atoms with van der Waals surface area (Å²) in [6.45, 7) is 0.679. The van der Waals surface area contributed by atoms with Gasteiger partial charge in [0.15, 0.2) is 0 Å². The molecule has 7 nitrogen and oxygen atoms in total. The number of carbonyl (C=O) groups excluding carboxylic acids is 2. The van der Waals surface area contributed by atoms with Crippen LogP contribution in [-0.4, -0.2) is 58.5 Å². The Morgan fingerprint density at radius 2 is 1.81 bits per heavy atom. The van der Waals surface area contributed by atoms with Crippen molar-refractivity contribution in [3.63, 3.8) is 0 Å². The van der Waals surface area contributed by atoms with E-state index in [-0.39, 0.29) is 25.2 Å². The van der Waals surface area contributed by atoms with Gasteiger partial charge in [0.25, 0.3) is 0 Å². The number of nitrogens with two attached hydrogens (primary N) is 1. The average molecular weight is 297 g/mol. The predicted molar refractivity (Wildman–Crippen MR) is 75.5 cm³/mol. The molecule has 0 radical (unpaired) electrons. The highest BCUT2D eigenvalue weighted by atomic mass is 16.4. The Balaban J connectivity index is 2.05. The quantitative estimate of drug-likeness (QED) is 0.794. The number of hydrogen-bond donors (Lipinski definition) is 2. The molecule has 1 aliphatic heterocycles. The summed E-state index contributed by atoms with van der Waals surface area (Å²) in [5.74, 6) is -1.90. The molecule has 21 heavy (non-hydrogen) atoms. The average Bonchev–Trinajstić information content (AvgIpc) is 2.98. The summed E-state index contributed by atoms with van der Waals surface area (Å²) >= 11 is 0. The van der Waals surface area contributed by atoms with Crippen LogP contribution in [-0.2, 0) is 9.59 Å². The van der Waals surface area contributed by atoms with Gasteiger partial charge >= 0.3 is 12.0 Å². The lowest BCUT2D eigenvalue weighted by Gasteiger charge is -2.37. The fourth-order valence-electron chi connectivity index (χ4n) is 3.27. The number of carboxylic acid groups (broad SMARTS) is 1. The van der Waals surface area contributed by atoms with Crippen molar-refractivity contribution >= 4 is 17.9 Å². The third kappa shape index (κ3) is 3.86. The molecule has 1 aliphatic carbocycles. The summed E-state index contributed by atoms with van der Waals surface area (Å²) < 4.78 is 0. The van der Waals surface area contributed by atoms with Gasteiger partial charge in [-0.3, -0.25) is 9.59 Å². The maximum absolute atomic E-state index is 12.6. The lowest BCUT2D eigenvalue weighted by molar-refractivity contribution is -0.143. The molecule has 0 bridgehead atoms. The number of urea groups is 1. The molecule has 0 aromatic carbocycles. The van der Waals surface area contributed by atoms with Gasteiger partial charge in [-0.15, -0.1) is 0 Å². The second-order valence-electron chi connectivity index (χ2n) is 5.94. The van der Waals surface area contributed by atoms with Crippen LogP contribution < -0.4 is 5.73 Å². The Labute approximate surface area is 124 Å². The van der Waals surface area contributed by atoms with Gasteiger partial charge in [-0.2, -0.15) is 0 Å². The van der Waals surface area contributed by atoms with Crippen LogP contribution in [0.5, 0.6) is 0 Å². The molecular formula is C14H23N3O4. The number of aliphatic carboxylic acids is 1. The largest absolute Gasteiger partial charge is 0.481 e. The third-order valence-corrected chi connectivity index (χ3v) is 4.38. The monoisotopic (exact) mass is 297 g/mol. The molecule has 2 aliphatic rings.